The molecule has 0 aliphatic rings. The van der Waals surface area contributed by atoms with Crippen LogP contribution in [-0.4, -0.2) is 31.5 Å². The molecule has 124 valence electrons. The van der Waals surface area contributed by atoms with Gasteiger partial charge in [0.25, 0.3) is 0 Å². The second-order valence-corrected chi connectivity index (χ2v) is 6.62. The topological polar surface area (TPSA) is 41.6 Å². The van der Waals surface area contributed by atoms with Gasteiger partial charge in [0.05, 0.1) is 13.7 Å². The first-order valence-electron chi connectivity index (χ1n) is 7.73. The minimum absolute atomic E-state index is 0.0257. The number of benzene rings is 2. The lowest BCUT2D eigenvalue weighted by Crippen LogP contribution is -2.29. The van der Waals surface area contributed by atoms with Gasteiger partial charge in [-0.15, -0.1) is 11.3 Å². The SMILES string of the molecule is COc1ccc(NC(=O)CN(C)Cc2csc3ccccc23)cc1. The molecule has 3 aromatic rings. The van der Waals surface area contributed by atoms with Crippen molar-refractivity contribution in [2.75, 3.05) is 26.0 Å². The van der Waals surface area contributed by atoms with E-state index in [9.17, 15) is 4.79 Å². The van der Waals surface area contributed by atoms with Gasteiger partial charge in [-0.2, -0.15) is 0 Å². The second kappa shape index (κ2) is 7.47. The molecule has 0 spiro atoms. The lowest BCUT2D eigenvalue weighted by atomic mass is 10.2. The van der Waals surface area contributed by atoms with E-state index in [1.807, 2.05) is 36.2 Å². The maximum atomic E-state index is 12.2. The fraction of sp³-hybridized carbons (Fsp3) is 0.211. The second-order valence-electron chi connectivity index (χ2n) is 5.71. The van der Waals surface area contributed by atoms with Crippen molar-refractivity contribution >= 4 is 33.0 Å². The van der Waals surface area contributed by atoms with E-state index in [0.29, 0.717) is 6.54 Å². The van der Waals surface area contributed by atoms with Crippen molar-refractivity contribution in [3.63, 3.8) is 0 Å². The summed E-state index contributed by atoms with van der Waals surface area (Å²) in [7, 11) is 3.58. The Kier molecular flexibility index (Phi) is 5.13. The minimum atomic E-state index is -0.0257. The van der Waals surface area contributed by atoms with Crippen LogP contribution in [0.3, 0.4) is 0 Å². The Morgan fingerprint density at radius 3 is 2.67 bits per heavy atom. The van der Waals surface area contributed by atoms with Gasteiger partial charge in [-0.3, -0.25) is 9.69 Å². The molecule has 3 rings (SSSR count). The number of fused-ring (bicyclic) bond motifs is 1. The van der Waals surface area contributed by atoms with Crippen molar-refractivity contribution in [2.24, 2.45) is 0 Å². The van der Waals surface area contributed by atoms with Gasteiger partial charge in [-0.25, -0.2) is 0 Å². The molecule has 0 aliphatic carbocycles. The minimum Gasteiger partial charge on any atom is -0.497 e. The van der Waals surface area contributed by atoms with Gasteiger partial charge in [-0.1, -0.05) is 18.2 Å². The van der Waals surface area contributed by atoms with Crippen LogP contribution in [0.25, 0.3) is 10.1 Å². The summed E-state index contributed by atoms with van der Waals surface area (Å²) in [5.41, 5.74) is 2.03. The molecule has 0 unspecified atom stereocenters. The summed E-state index contributed by atoms with van der Waals surface area (Å²) in [5.74, 6) is 0.747. The molecule has 1 heterocycles. The predicted octanol–water partition coefficient (Wildman–Crippen LogP) is 3.98. The van der Waals surface area contributed by atoms with Crippen LogP contribution in [0.1, 0.15) is 5.56 Å². The van der Waals surface area contributed by atoms with Crippen LogP contribution in [0.15, 0.2) is 53.9 Å². The lowest BCUT2D eigenvalue weighted by Gasteiger charge is -2.16. The van der Waals surface area contributed by atoms with Crippen LogP contribution < -0.4 is 10.1 Å². The molecule has 0 fully saturated rings. The lowest BCUT2D eigenvalue weighted by molar-refractivity contribution is -0.117. The number of hydrogen-bond acceptors (Lipinski definition) is 4. The van der Waals surface area contributed by atoms with Crippen LogP contribution in [0.4, 0.5) is 5.69 Å². The van der Waals surface area contributed by atoms with Gasteiger partial charge in [0.15, 0.2) is 0 Å². The van der Waals surface area contributed by atoms with Crippen molar-refractivity contribution in [3.05, 3.63) is 59.5 Å². The average Bonchev–Trinajstić information content (AvgIpc) is 2.98. The number of likely N-dealkylation sites (N-methyl/N-ethyl adjacent to an activating group) is 1. The number of nitrogens with one attached hydrogen (secondary N) is 1. The third-order valence-electron chi connectivity index (χ3n) is 3.79. The van der Waals surface area contributed by atoms with E-state index in [4.69, 9.17) is 4.74 Å². The number of methoxy groups -OCH3 is 1. The molecule has 5 heteroatoms. The molecule has 24 heavy (non-hydrogen) atoms. The van der Waals surface area contributed by atoms with Gasteiger partial charge in [0.2, 0.25) is 5.91 Å². The molecule has 4 nitrogen and oxygen atoms in total. The van der Waals surface area contributed by atoms with E-state index >= 15 is 0 Å². The highest BCUT2D eigenvalue weighted by molar-refractivity contribution is 7.17. The fourth-order valence-corrected chi connectivity index (χ4v) is 3.58. The van der Waals surface area contributed by atoms with Crippen LogP contribution >= 0.6 is 11.3 Å². The summed E-state index contributed by atoms with van der Waals surface area (Å²) in [4.78, 5) is 14.2. The Balaban J connectivity index is 1.57. The molecule has 1 N–H and O–H groups in total. The van der Waals surface area contributed by atoms with Crippen molar-refractivity contribution in [3.8, 4) is 5.75 Å². The van der Waals surface area contributed by atoms with E-state index in [1.165, 1.54) is 15.6 Å². The fourth-order valence-electron chi connectivity index (χ4n) is 2.62. The summed E-state index contributed by atoms with van der Waals surface area (Å²) in [6, 6.07) is 15.7. The zero-order valence-corrected chi connectivity index (χ0v) is 14.6. The van der Waals surface area contributed by atoms with Gasteiger partial charge in [0.1, 0.15) is 5.75 Å². The number of nitrogens with zero attached hydrogens (tertiary/aromatic N) is 1. The zero-order valence-electron chi connectivity index (χ0n) is 13.8. The molecule has 2 aromatic carbocycles. The predicted molar refractivity (Wildman–Crippen MR) is 99.8 cm³/mol. The Bertz CT molecular complexity index is 827. The van der Waals surface area contributed by atoms with Crippen molar-refractivity contribution in [1.82, 2.24) is 4.90 Å². The number of carbonyl (C=O) groups is 1. The van der Waals surface area contributed by atoms with E-state index in [-0.39, 0.29) is 5.91 Å². The molecule has 1 aromatic heterocycles. The van der Waals surface area contributed by atoms with Crippen molar-refractivity contribution in [1.29, 1.82) is 0 Å². The van der Waals surface area contributed by atoms with E-state index in [1.54, 1.807) is 18.4 Å². The van der Waals surface area contributed by atoms with Gasteiger partial charge in [-0.05, 0) is 53.7 Å². The summed E-state index contributed by atoms with van der Waals surface area (Å²) < 4.78 is 6.39. The molecule has 0 bridgehead atoms. The number of ether oxygens (including phenoxy) is 1. The first-order valence-corrected chi connectivity index (χ1v) is 8.61. The monoisotopic (exact) mass is 340 g/mol. The van der Waals surface area contributed by atoms with Crippen molar-refractivity contribution in [2.45, 2.75) is 6.54 Å². The van der Waals surface area contributed by atoms with E-state index in [2.05, 4.69) is 35.0 Å². The first kappa shape index (κ1) is 16.5. The Morgan fingerprint density at radius 1 is 1.17 bits per heavy atom. The number of anilines is 1. The number of thiophene rings is 1. The molecule has 1 amide bonds. The van der Waals surface area contributed by atoms with Crippen LogP contribution in [0, 0.1) is 0 Å². The standard InChI is InChI=1S/C19H20N2O2S/c1-21(11-14-13-24-18-6-4-3-5-17(14)18)12-19(22)20-15-7-9-16(23-2)10-8-15/h3-10,13H,11-12H2,1-2H3,(H,20,22). The van der Waals surface area contributed by atoms with E-state index < -0.39 is 0 Å². The summed E-state index contributed by atoms with van der Waals surface area (Å²) in [6.45, 7) is 1.09. The normalized spacial score (nSPS) is 11.0. The quantitative estimate of drug-likeness (QED) is 0.738. The molecule has 0 radical (unpaired) electrons. The average molecular weight is 340 g/mol. The maximum Gasteiger partial charge on any atom is 0.238 e. The smallest absolute Gasteiger partial charge is 0.238 e. The maximum absolute atomic E-state index is 12.2. The largest absolute Gasteiger partial charge is 0.497 e. The third-order valence-corrected chi connectivity index (χ3v) is 4.80. The highest BCUT2D eigenvalue weighted by Crippen LogP contribution is 2.26. The third kappa shape index (κ3) is 3.93. The number of hydrogen-bond donors (Lipinski definition) is 1. The molecular weight excluding hydrogens is 320 g/mol. The number of rotatable bonds is 6. The van der Waals surface area contributed by atoms with E-state index in [0.717, 1.165) is 18.0 Å². The van der Waals surface area contributed by atoms with Crippen LogP contribution in [0.2, 0.25) is 0 Å². The van der Waals surface area contributed by atoms with Crippen LogP contribution in [0.5, 0.6) is 5.75 Å². The molecule has 0 saturated carbocycles. The summed E-state index contributed by atoms with van der Waals surface area (Å²) in [5, 5.41) is 6.34. The first-order chi connectivity index (χ1) is 11.7. The molecule has 0 saturated heterocycles. The Labute approximate surface area is 145 Å². The van der Waals surface area contributed by atoms with Gasteiger partial charge in [0, 0.05) is 16.9 Å². The highest BCUT2D eigenvalue weighted by atomic mass is 32.1. The number of amides is 1. The van der Waals surface area contributed by atoms with Gasteiger partial charge >= 0.3 is 0 Å². The summed E-state index contributed by atoms with van der Waals surface area (Å²) in [6.07, 6.45) is 0. The Morgan fingerprint density at radius 2 is 1.92 bits per heavy atom. The molecular formula is C19H20N2O2S. The molecule has 0 aliphatic heterocycles. The highest BCUT2D eigenvalue weighted by Gasteiger charge is 2.10. The zero-order chi connectivity index (χ0) is 16.9. The van der Waals surface area contributed by atoms with Gasteiger partial charge < -0.3 is 10.1 Å². The molecule has 0 atom stereocenters. The number of carbonyl (C=O) groups excluding carboxylic acids is 1. The summed E-state index contributed by atoms with van der Waals surface area (Å²) >= 11 is 1.74. The van der Waals surface area contributed by atoms with Crippen LogP contribution in [-0.2, 0) is 11.3 Å². The van der Waals surface area contributed by atoms with Crippen molar-refractivity contribution < 1.29 is 9.53 Å². The Hall–Kier alpha value is -2.37.